The van der Waals surface area contributed by atoms with Crippen LogP contribution in [0.1, 0.15) is 44.5 Å². The van der Waals surface area contributed by atoms with E-state index in [1.54, 1.807) is 5.41 Å². The zero-order valence-corrected chi connectivity index (χ0v) is 22.9. The van der Waals surface area contributed by atoms with E-state index in [0.717, 1.165) is 48.8 Å². The Morgan fingerprint density at radius 1 is 1.14 bits per heavy atom. The van der Waals surface area contributed by atoms with Gasteiger partial charge in [-0.15, -0.1) is 11.8 Å². The first-order valence-corrected chi connectivity index (χ1v) is 13.4. The summed E-state index contributed by atoms with van der Waals surface area (Å²) in [6, 6.07) is 13.4. The van der Waals surface area contributed by atoms with Crippen molar-refractivity contribution in [1.29, 1.82) is 5.26 Å². The molecule has 0 aliphatic heterocycles. The van der Waals surface area contributed by atoms with Gasteiger partial charge in [0.15, 0.2) is 6.29 Å². The van der Waals surface area contributed by atoms with Gasteiger partial charge < -0.3 is 20.3 Å². The van der Waals surface area contributed by atoms with Crippen LogP contribution in [0.4, 0.5) is 5.69 Å². The Morgan fingerprint density at radius 3 is 2.50 bits per heavy atom. The van der Waals surface area contributed by atoms with Crippen LogP contribution in [0.5, 0.6) is 0 Å². The van der Waals surface area contributed by atoms with E-state index < -0.39 is 4.87 Å². The first-order chi connectivity index (χ1) is 17.3. The molecule has 2 atom stereocenters. The fraction of sp³-hybridized carbons (Fsp3) is 0.464. The number of aldehydes is 1. The highest BCUT2D eigenvalue weighted by Crippen LogP contribution is 2.33. The van der Waals surface area contributed by atoms with Gasteiger partial charge in [0.05, 0.1) is 12.1 Å². The van der Waals surface area contributed by atoms with Crippen molar-refractivity contribution in [3.05, 3.63) is 53.4 Å². The van der Waals surface area contributed by atoms with E-state index in [1.165, 1.54) is 17.8 Å². The molecule has 0 aliphatic rings. The Kier molecular flexibility index (Phi) is 11.9. The smallest absolute Gasteiger partial charge is 0.251 e. The fourth-order valence-corrected chi connectivity index (χ4v) is 5.14. The van der Waals surface area contributed by atoms with Crippen molar-refractivity contribution in [3.63, 3.8) is 0 Å². The molecule has 0 saturated carbocycles. The van der Waals surface area contributed by atoms with Crippen LogP contribution in [0.3, 0.4) is 0 Å². The van der Waals surface area contributed by atoms with E-state index in [-0.39, 0.29) is 11.9 Å². The van der Waals surface area contributed by atoms with Gasteiger partial charge in [-0.3, -0.25) is 9.69 Å². The average Bonchev–Trinajstić information content (AvgIpc) is 2.89. The van der Waals surface area contributed by atoms with E-state index >= 15 is 0 Å². The maximum absolute atomic E-state index is 12.7. The quantitative estimate of drug-likeness (QED) is 0.204. The highest BCUT2D eigenvalue weighted by molar-refractivity contribution is 8.04. The summed E-state index contributed by atoms with van der Waals surface area (Å²) < 4.78 is 0. The molecule has 0 spiro atoms. The molecule has 2 aromatic carbocycles. The molecule has 0 fully saturated rings. The molecule has 2 aromatic rings. The predicted molar refractivity (Wildman–Crippen MR) is 151 cm³/mol. The van der Waals surface area contributed by atoms with Crippen molar-refractivity contribution in [1.82, 2.24) is 15.1 Å². The molecule has 2 rings (SSSR count). The van der Waals surface area contributed by atoms with Gasteiger partial charge in [-0.25, -0.2) is 0 Å². The number of nitrogens with one attached hydrogen (secondary N) is 2. The molecule has 8 heteroatoms. The number of thioether (sulfide) groups is 1. The van der Waals surface area contributed by atoms with Gasteiger partial charge in [-0.05, 0) is 80.5 Å². The first-order valence-electron chi connectivity index (χ1n) is 12.6. The number of benzene rings is 2. The van der Waals surface area contributed by atoms with Crippen LogP contribution in [0.2, 0.25) is 0 Å². The number of rotatable bonds is 15. The maximum atomic E-state index is 12.7. The number of amides is 1. The molecule has 0 radical (unpaired) electrons. The molecule has 0 aromatic heterocycles. The average molecular weight is 510 g/mol. The monoisotopic (exact) mass is 509 g/mol. The minimum Gasteiger partial charge on any atom is -0.379 e. The number of nitriles is 1. The van der Waals surface area contributed by atoms with E-state index in [4.69, 9.17) is 5.26 Å². The largest absolute Gasteiger partial charge is 0.379 e. The molecule has 2 unspecified atom stereocenters. The first kappa shape index (κ1) is 29.4. The Hall–Kier alpha value is -2.86. The van der Waals surface area contributed by atoms with E-state index in [1.807, 2.05) is 68.3 Å². The van der Waals surface area contributed by atoms with Gasteiger partial charge in [0.1, 0.15) is 4.87 Å². The highest BCUT2D eigenvalue weighted by atomic mass is 32.2. The van der Waals surface area contributed by atoms with Gasteiger partial charge >= 0.3 is 0 Å². The Labute approximate surface area is 219 Å². The summed E-state index contributed by atoms with van der Waals surface area (Å²) in [7, 11) is 1.90. The Balaban J connectivity index is 2.14. The number of hydrogen-bond donors (Lipinski definition) is 2. The summed E-state index contributed by atoms with van der Waals surface area (Å²) in [5, 5.41) is 19.0. The van der Waals surface area contributed by atoms with E-state index in [0.29, 0.717) is 18.7 Å². The topological polar surface area (TPSA) is 88.5 Å². The van der Waals surface area contributed by atoms with Gasteiger partial charge in [0.2, 0.25) is 0 Å². The van der Waals surface area contributed by atoms with Crippen molar-refractivity contribution in [2.45, 2.75) is 45.0 Å². The zero-order chi connectivity index (χ0) is 26.6. The predicted octanol–water partition coefficient (Wildman–Crippen LogP) is 4.72. The lowest BCUT2D eigenvalue weighted by Gasteiger charge is -2.40. The number of carbonyl (C=O) groups is 2. The van der Waals surface area contributed by atoms with Crippen LogP contribution < -0.4 is 10.6 Å². The standard InChI is InChI=1S/C28H39N5O2S/c1-6-16-33(8-3)17-15-30-27(35)25-11-10-24-20-26(13-12-23(24)19-25)31-22(4)28(21-34,32(5)7-2)36-18-9-14-29/h9-13,18-22,31H,6-8,15-17H2,1-5H3,(H,30,35)/b18-9+. The second-order valence-corrected chi connectivity index (χ2v) is 9.93. The van der Waals surface area contributed by atoms with Crippen LogP contribution in [0.15, 0.2) is 47.9 Å². The van der Waals surface area contributed by atoms with Crippen LogP contribution in [-0.2, 0) is 4.79 Å². The lowest BCUT2D eigenvalue weighted by Crippen LogP contribution is -2.55. The lowest BCUT2D eigenvalue weighted by atomic mass is 10.0. The summed E-state index contributed by atoms with van der Waals surface area (Å²) in [5.74, 6) is -0.0684. The molecule has 194 valence electrons. The molecule has 0 aliphatic carbocycles. The summed E-state index contributed by atoms with van der Waals surface area (Å²) >= 11 is 1.32. The molecule has 2 N–H and O–H groups in total. The number of anilines is 1. The summed E-state index contributed by atoms with van der Waals surface area (Å²) in [6.07, 6.45) is 3.42. The molecule has 36 heavy (non-hydrogen) atoms. The normalized spacial score (nSPS) is 14.1. The maximum Gasteiger partial charge on any atom is 0.251 e. The third-order valence-corrected chi connectivity index (χ3v) is 7.86. The molecule has 7 nitrogen and oxygen atoms in total. The van der Waals surface area contributed by atoms with Crippen LogP contribution in [0.25, 0.3) is 10.8 Å². The van der Waals surface area contributed by atoms with Crippen LogP contribution >= 0.6 is 11.8 Å². The van der Waals surface area contributed by atoms with Crippen molar-refractivity contribution < 1.29 is 9.59 Å². The Bertz CT molecular complexity index is 1080. The van der Waals surface area contributed by atoms with E-state index in [2.05, 4.69) is 29.4 Å². The number of carbonyl (C=O) groups excluding carboxylic acids is 2. The highest BCUT2D eigenvalue weighted by Gasteiger charge is 2.40. The van der Waals surface area contributed by atoms with Crippen LogP contribution in [0, 0.1) is 11.3 Å². The van der Waals surface area contributed by atoms with Gasteiger partial charge in [0, 0.05) is 30.4 Å². The second-order valence-electron chi connectivity index (χ2n) is 8.77. The minimum absolute atomic E-state index is 0.0684. The molecule has 0 heterocycles. The molecular weight excluding hydrogens is 470 g/mol. The van der Waals surface area contributed by atoms with Crippen molar-refractivity contribution >= 4 is 40.4 Å². The summed E-state index contributed by atoms with van der Waals surface area (Å²) in [5.41, 5.74) is 1.52. The third-order valence-electron chi connectivity index (χ3n) is 6.45. The zero-order valence-electron chi connectivity index (χ0n) is 22.1. The molecule has 0 saturated heterocycles. The van der Waals surface area contributed by atoms with Crippen molar-refractivity contribution in [2.24, 2.45) is 0 Å². The van der Waals surface area contributed by atoms with Crippen molar-refractivity contribution in [2.75, 3.05) is 45.1 Å². The number of fused-ring (bicyclic) bond motifs is 1. The number of hydrogen-bond acceptors (Lipinski definition) is 7. The minimum atomic E-state index is -0.872. The van der Waals surface area contributed by atoms with Gasteiger partial charge in [-0.2, -0.15) is 5.26 Å². The van der Waals surface area contributed by atoms with Crippen LogP contribution in [-0.4, -0.2) is 72.7 Å². The van der Waals surface area contributed by atoms with Crippen molar-refractivity contribution in [3.8, 4) is 6.07 Å². The SMILES string of the molecule is CCCN(CC)CCNC(=O)c1ccc2cc(NC(C)C(C=O)(S/C=C/C#N)N(C)CC)ccc2c1. The molecule has 0 bridgehead atoms. The summed E-state index contributed by atoms with van der Waals surface area (Å²) in [4.78, 5) is 28.4. The number of allylic oxidation sites excluding steroid dienone is 1. The molecular formula is C28H39N5O2S. The number of nitrogens with zero attached hydrogens (tertiary/aromatic N) is 3. The number of likely N-dealkylation sites (N-methyl/N-ethyl adjacent to an activating group) is 2. The fourth-order valence-electron chi connectivity index (χ4n) is 4.17. The van der Waals surface area contributed by atoms with Gasteiger partial charge in [0.25, 0.3) is 5.91 Å². The van der Waals surface area contributed by atoms with E-state index in [9.17, 15) is 9.59 Å². The van der Waals surface area contributed by atoms with Gasteiger partial charge in [-0.1, -0.05) is 32.9 Å². The lowest BCUT2D eigenvalue weighted by molar-refractivity contribution is -0.113. The third kappa shape index (κ3) is 7.57. The summed E-state index contributed by atoms with van der Waals surface area (Å²) in [6.45, 7) is 12.4. The second kappa shape index (κ2) is 14.6. The molecule has 1 amide bonds. The Morgan fingerprint density at radius 2 is 1.86 bits per heavy atom.